The summed E-state index contributed by atoms with van der Waals surface area (Å²) in [5.41, 5.74) is 0.880. The van der Waals surface area contributed by atoms with Crippen LogP contribution in [0.15, 0.2) is 24.3 Å². The van der Waals surface area contributed by atoms with Crippen LogP contribution < -0.4 is 4.74 Å². The van der Waals surface area contributed by atoms with Crippen molar-refractivity contribution in [1.82, 2.24) is 0 Å². The number of para-hydroxylation sites is 1. The Balaban J connectivity index is 2.20. The minimum atomic E-state index is -0.512. The molecule has 1 heterocycles. The zero-order chi connectivity index (χ0) is 13.8. The second-order valence-corrected chi connectivity index (χ2v) is 5.42. The van der Waals surface area contributed by atoms with E-state index in [4.69, 9.17) is 9.47 Å². The van der Waals surface area contributed by atoms with E-state index in [-0.39, 0.29) is 18.1 Å². The van der Waals surface area contributed by atoms with Gasteiger partial charge in [-0.05, 0) is 32.8 Å². The van der Waals surface area contributed by atoms with Crippen molar-refractivity contribution in [2.24, 2.45) is 5.92 Å². The molecule has 1 aromatic rings. The van der Waals surface area contributed by atoms with Crippen molar-refractivity contribution in [2.45, 2.75) is 51.9 Å². The normalized spacial score (nSPS) is 24.7. The lowest BCUT2D eigenvalue weighted by molar-refractivity contribution is 0.0291. The largest absolute Gasteiger partial charge is 0.491 e. The Morgan fingerprint density at radius 1 is 1.37 bits per heavy atom. The lowest BCUT2D eigenvalue weighted by atomic mass is 9.88. The summed E-state index contributed by atoms with van der Waals surface area (Å²) in [6.07, 6.45) is 1.60. The van der Waals surface area contributed by atoms with Crippen molar-refractivity contribution >= 4 is 0 Å². The molecule has 2 rings (SSSR count). The van der Waals surface area contributed by atoms with Gasteiger partial charge >= 0.3 is 0 Å². The Bertz CT molecular complexity index is 403. The predicted molar refractivity (Wildman–Crippen MR) is 75.3 cm³/mol. The van der Waals surface area contributed by atoms with Crippen LogP contribution in [0.25, 0.3) is 0 Å². The zero-order valence-electron chi connectivity index (χ0n) is 12.0. The maximum atomic E-state index is 10.7. The summed E-state index contributed by atoms with van der Waals surface area (Å²) in [5.74, 6) is 0.952. The third-order valence-electron chi connectivity index (χ3n) is 3.67. The van der Waals surface area contributed by atoms with Gasteiger partial charge in [0.15, 0.2) is 0 Å². The van der Waals surface area contributed by atoms with E-state index >= 15 is 0 Å². The van der Waals surface area contributed by atoms with Crippen LogP contribution in [0.3, 0.4) is 0 Å². The highest BCUT2D eigenvalue weighted by Gasteiger charge is 2.34. The molecule has 106 valence electrons. The molecule has 3 atom stereocenters. The summed E-state index contributed by atoms with van der Waals surface area (Å²) in [5, 5.41) is 10.7. The van der Waals surface area contributed by atoms with Crippen LogP contribution in [-0.4, -0.2) is 23.9 Å². The van der Waals surface area contributed by atoms with Gasteiger partial charge in [-0.2, -0.15) is 0 Å². The van der Waals surface area contributed by atoms with Gasteiger partial charge in [0.05, 0.1) is 18.3 Å². The molecule has 0 amide bonds. The maximum absolute atomic E-state index is 10.7. The van der Waals surface area contributed by atoms with Gasteiger partial charge in [0.25, 0.3) is 0 Å². The quantitative estimate of drug-likeness (QED) is 0.886. The summed E-state index contributed by atoms with van der Waals surface area (Å²) < 4.78 is 11.5. The number of hydrogen-bond donors (Lipinski definition) is 1. The van der Waals surface area contributed by atoms with Crippen molar-refractivity contribution in [2.75, 3.05) is 6.61 Å². The van der Waals surface area contributed by atoms with E-state index in [0.717, 1.165) is 30.8 Å². The topological polar surface area (TPSA) is 38.7 Å². The molecule has 19 heavy (non-hydrogen) atoms. The highest BCUT2D eigenvalue weighted by Crippen LogP contribution is 2.38. The fraction of sp³-hybridized carbons (Fsp3) is 0.625. The summed E-state index contributed by atoms with van der Waals surface area (Å²) >= 11 is 0. The maximum Gasteiger partial charge on any atom is 0.125 e. The van der Waals surface area contributed by atoms with E-state index < -0.39 is 6.10 Å². The molecule has 1 saturated heterocycles. The van der Waals surface area contributed by atoms with E-state index in [1.807, 2.05) is 38.1 Å². The minimum absolute atomic E-state index is 0.107. The molecule has 1 N–H and O–H groups in total. The monoisotopic (exact) mass is 264 g/mol. The van der Waals surface area contributed by atoms with Crippen LogP contribution in [-0.2, 0) is 4.74 Å². The number of aliphatic hydroxyl groups is 1. The molecule has 3 unspecified atom stereocenters. The molecule has 0 bridgehead atoms. The molecular weight excluding hydrogens is 240 g/mol. The fourth-order valence-electron chi connectivity index (χ4n) is 2.76. The number of aliphatic hydroxyl groups excluding tert-OH is 1. The average Bonchev–Trinajstić information content (AvgIpc) is 2.86. The smallest absolute Gasteiger partial charge is 0.125 e. The van der Waals surface area contributed by atoms with E-state index in [0.29, 0.717) is 0 Å². The molecule has 0 spiro atoms. The molecule has 0 radical (unpaired) electrons. The van der Waals surface area contributed by atoms with Crippen molar-refractivity contribution in [3.05, 3.63) is 29.8 Å². The van der Waals surface area contributed by atoms with E-state index in [1.165, 1.54) is 0 Å². The second-order valence-electron chi connectivity index (χ2n) is 5.42. The van der Waals surface area contributed by atoms with E-state index in [2.05, 4.69) is 6.92 Å². The summed E-state index contributed by atoms with van der Waals surface area (Å²) in [4.78, 5) is 0. The Morgan fingerprint density at radius 2 is 2.11 bits per heavy atom. The van der Waals surface area contributed by atoms with Crippen molar-refractivity contribution in [1.29, 1.82) is 0 Å². The number of rotatable bonds is 5. The Kier molecular flexibility index (Phi) is 4.83. The Labute approximate surface area is 115 Å². The average molecular weight is 264 g/mol. The van der Waals surface area contributed by atoms with Crippen LogP contribution in [0.1, 0.15) is 45.3 Å². The minimum Gasteiger partial charge on any atom is -0.491 e. The Hall–Kier alpha value is -1.06. The molecule has 1 aliphatic rings. The van der Waals surface area contributed by atoms with Gasteiger partial charge in [0, 0.05) is 18.1 Å². The van der Waals surface area contributed by atoms with Crippen LogP contribution in [0.2, 0.25) is 0 Å². The predicted octanol–water partition coefficient (Wildman–Crippen LogP) is 3.32. The third-order valence-corrected chi connectivity index (χ3v) is 3.67. The van der Waals surface area contributed by atoms with Gasteiger partial charge in [0.2, 0.25) is 0 Å². The standard InChI is InChI=1S/C16H24O3/c1-4-14-13(9-10-18-14)16(17)12-7-5-6-8-15(12)19-11(2)3/h5-8,11,13-14,16-17H,4,9-10H2,1-3H3. The first-order chi connectivity index (χ1) is 9.13. The molecule has 0 aromatic heterocycles. The summed E-state index contributed by atoms with van der Waals surface area (Å²) in [6.45, 7) is 6.84. The van der Waals surface area contributed by atoms with Crippen LogP contribution >= 0.6 is 0 Å². The van der Waals surface area contributed by atoms with E-state index in [9.17, 15) is 5.11 Å². The SMILES string of the molecule is CCC1OCCC1C(O)c1ccccc1OC(C)C. The lowest BCUT2D eigenvalue weighted by Gasteiger charge is -2.25. The molecular formula is C16H24O3. The molecule has 1 aliphatic heterocycles. The fourth-order valence-corrected chi connectivity index (χ4v) is 2.76. The van der Waals surface area contributed by atoms with Gasteiger partial charge in [0.1, 0.15) is 5.75 Å². The van der Waals surface area contributed by atoms with Crippen LogP contribution in [0.5, 0.6) is 5.75 Å². The van der Waals surface area contributed by atoms with Gasteiger partial charge in [-0.3, -0.25) is 0 Å². The molecule has 0 aliphatic carbocycles. The van der Waals surface area contributed by atoms with Crippen LogP contribution in [0.4, 0.5) is 0 Å². The first kappa shape index (κ1) is 14.4. The summed E-state index contributed by atoms with van der Waals surface area (Å²) in [6, 6.07) is 7.77. The van der Waals surface area contributed by atoms with Crippen molar-refractivity contribution in [3.63, 3.8) is 0 Å². The van der Waals surface area contributed by atoms with Gasteiger partial charge in [-0.15, -0.1) is 0 Å². The number of benzene rings is 1. The molecule has 0 saturated carbocycles. The molecule has 1 aromatic carbocycles. The number of hydrogen-bond acceptors (Lipinski definition) is 3. The molecule has 1 fully saturated rings. The van der Waals surface area contributed by atoms with Gasteiger partial charge < -0.3 is 14.6 Å². The zero-order valence-corrected chi connectivity index (χ0v) is 12.0. The van der Waals surface area contributed by atoms with Crippen LogP contribution in [0, 0.1) is 5.92 Å². The van der Waals surface area contributed by atoms with Crippen molar-refractivity contribution < 1.29 is 14.6 Å². The van der Waals surface area contributed by atoms with E-state index in [1.54, 1.807) is 0 Å². The van der Waals surface area contributed by atoms with Gasteiger partial charge in [-0.25, -0.2) is 0 Å². The lowest BCUT2D eigenvalue weighted by Crippen LogP contribution is -2.22. The van der Waals surface area contributed by atoms with Crippen molar-refractivity contribution in [3.8, 4) is 5.75 Å². The molecule has 3 heteroatoms. The number of ether oxygens (including phenoxy) is 2. The first-order valence-electron chi connectivity index (χ1n) is 7.18. The molecule has 3 nitrogen and oxygen atoms in total. The third kappa shape index (κ3) is 3.28. The Morgan fingerprint density at radius 3 is 2.79 bits per heavy atom. The highest BCUT2D eigenvalue weighted by atomic mass is 16.5. The first-order valence-corrected chi connectivity index (χ1v) is 7.18. The highest BCUT2D eigenvalue weighted by molar-refractivity contribution is 5.35. The second kappa shape index (κ2) is 6.40. The summed E-state index contributed by atoms with van der Waals surface area (Å²) in [7, 11) is 0. The van der Waals surface area contributed by atoms with Gasteiger partial charge in [-0.1, -0.05) is 25.1 Å².